The summed E-state index contributed by atoms with van der Waals surface area (Å²) in [6, 6.07) is 0. The molecule has 0 aliphatic heterocycles. The predicted octanol–water partition coefficient (Wildman–Crippen LogP) is 5.03. The van der Waals surface area contributed by atoms with Gasteiger partial charge in [-0.05, 0) is 97.2 Å². The van der Waals surface area contributed by atoms with Gasteiger partial charge in [-0.3, -0.25) is 4.79 Å². The summed E-state index contributed by atoms with van der Waals surface area (Å²) in [7, 11) is 0. The van der Waals surface area contributed by atoms with Gasteiger partial charge >= 0.3 is 5.97 Å². The highest BCUT2D eigenvalue weighted by molar-refractivity contribution is 5.76. The number of fused-ring (bicyclic) bond motifs is 7. The van der Waals surface area contributed by atoms with Gasteiger partial charge in [0, 0.05) is 5.41 Å². The molecule has 198 valence electrons. The lowest BCUT2D eigenvalue weighted by Crippen LogP contribution is -2.68. The second-order valence-electron chi connectivity index (χ2n) is 14.5. The van der Waals surface area contributed by atoms with Crippen LogP contribution in [0.2, 0.25) is 0 Å². The number of carboxylic acid groups (broad SMARTS) is 1. The smallest absolute Gasteiger partial charge is 0.310 e. The Labute approximate surface area is 211 Å². The zero-order chi connectivity index (χ0) is 25.8. The lowest BCUT2D eigenvalue weighted by molar-refractivity contribution is -0.244. The Morgan fingerprint density at radius 3 is 2.31 bits per heavy atom. The van der Waals surface area contributed by atoms with Crippen molar-refractivity contribution in [3.05, 3.63) is 11.6 Å². The Balaban J connectivity index is 1.62. The Morgan fingerprint density at radius 2 is 1.69 bits per heavy atom. The molecule has 5 nitrogen and oxygen atoms in total. The van der Waals surface area contributed by atoms with E-state index in [1.807, 2.05) is 6.92 Å². The molecule has 0 radical (unpaired) electrons. The van der Waals surface area contributed by atoms with Crippen molar-refractivity contribution in [1.29, 1.82) is 0 Å². The molecule has 0 bridgehead atoms. The van der Waals surface area contributed by atoms with Gasteiger partial charge in [0.2, 0.25) is 0 Å². The molecule has 0 aromatic heterocycles. The average Bonchev–Trinajstić information content (AvgIpc) is 2.80. The number of allylic oxidation sites excluding steroid dienone is 2. The Morgan fingerprint density at radius 1 is 1.00 bits per heavy atom. The first kappa shape index (κ1) is 25.7. The fourth-order valence-corrected chi connectivity index (χ4v) is 11.0. The topological polar surface area (TPSA) is 98.0 Å². The van der Waals surface area contributed by atoms with Gasteiger partial charge in [0.1, 0.15) is 0 Å². The molecule has 5 rings (SSSR count). The third kappa shape index (κ3) is 2.95. The third-order valence-electron chi connectivity index (χ3n) is 13.5. The molecule has 5 heteroatoms. The van der Waals surface area contributed by atoms with Crippen LogP contribution in [0.15, 0.2) is 11.6 Å². The first-order valence-corrected chi connectivity index (χ1v) is 14.1. The monoisotopic (exact) mass is 488 g/mol. The molecule has 0 amide bonds. The van der Waals surface area contributed by atoms with Crippen molar-refractivity contribution in [2.24, 2.45) is 56.7 Å². The van der Waals surface area contributed by atoms with E-state index in [0.29, 0.717) is 24.2 Å². The number of aliphatic carboxylic acids is 1. The van der Waals surface area contributed by atoms with Crippen LogP contribution in [0.5, 0.6) is 0 Å². The highest BCUT2D eigenvalue weighted by Gasteiger charge is 2.70. The van der Waals surface area contributed by atoms with Gasteiger partial charge in [-0.2, -0.15) is 0 Å². The van der Waals surface area contributed by atoms with Crippen molar-refractivity contribution in [2.45, 2.75) is 105 Å². The summed E-state index contributed by atoms with van der Waals surface area (Å²) in [6.07, 6.45) is 7.51. The normalized spacial score (nSPS) is 57.7. The molecule has 5 aliphatic carbocycles. The summed E-state index contributed by atoms with van der Waals surface area (Å²) in [4.78, 5) is 12.8. The van der Waals surface area contributed by atoms with Crippen LogP contribution in [0.3, 0.4) is 0 Å². The second kappa shape index (κ2) is 7.80. The SMILES string of the molecule is C[C@H]1[C@H](C)CC[C@]2(C(=O)O)CC[C@]3(C)C(=CC[C@H]4[C@@]5(C)C[C@@H](O)[C@H](O)[C@@](C)(CO)[C@@H]5CC[C@]43C)[C@@H]12. The molecule has 0 aromatic rings. The minimum absolute atomic E-state index is 0.00815. The zero-order valence-corrected chi connectivity index (χ0v) is 22.7. The van der Waals surface area contributed by atoms with E-state index in [2.05, 4.69) is 40.7 Å². The molecule has 0 saturated heterocycles. The summed E-state index contributed by atoms with van der Waals surface area (Å²) in [5.74, 6) is 0.828. The first-order valence-electron chi connectivity index (χ1n) is 14.1. The summed E-state index contributed by atoms with van der Waals surface area (Å²) in [5.41, 5.74) is -0.214. The van der Waals surface area contributed by atoms with Gasteiger partial charge in [0.05, 0.1) is 24.2 Å². The van der Waals surface area contributed by atoms with E-state index in [9.17, 15) is 25.2 Å². The van der Waals surface area contributed by atoms with Crippen LogP contribution >= 0.6 is 0 Å². The van der Waals surface area contributed by atoms with Crippen molar-refractivity contribution in [3.63, 3.8) is 0 Å². The van der Waals surface area contributed by atoms with Gasteiger partial charge < -0.3 is 20.4 Å². The zero-order valence-electron chi connectivity index (χ0n) is 22.7. The number of rotatable bonds is 2. The van der Waals surface area contributed by atoms with Crippen LogP contribution in [0.4, 0.5) is 0 Å². The van der Waals surface area contributed by atoms with Gasteiger partial charge in [-0.15, -0.1) is 0 Å². The molecule has 0 aromatic carbocycles. The maximum absolute atomic E-state index is 12.8. The molecule has 0 heterocycles. The van der Waals surface area contributed by atoms with E-state index in [0.717, 1.165) is 44.9 Å². The van der Waals surface area contributed by atoms with Crippen molar-refractivity contribution in [1.82, 2.24) is 0 Å². The van der Waals surface area contributed by atoms with Crippen molar-refractivity contribution in [2.75, 3.05) is 6.61 Å². The van der Waals surface area contributed by atoms with Crippen LogP contribution < -0.4 is 0 Å². The predicted molar refractivity (Wildman–Crippen MR) is 135 cm³/mol. The van der Waals surface area contributed by atoms with Gasteiger partial charge in [-0.1, -0.05) is 53.2 Å². The number of carboxylic acids is 1. The maximum atomic E-state index is 12.8. The Kier molecular flexibility index (Phi) is 5.73. The fourth-order valence-electron chi connectivity index (χ4n) is 11.0. The lowest BCUT2D eigenvalue weighted by Gasteiger charge is -2.71. The number of hydrogen-bond donors (Lipinski definition) is 4. The maximum Gasteiger partial charge on any atom is 0.310 e. The van der Waals surface area contributed by atoms with Gasteiger partial charge in [0.15, 0.2) is 0 Å². The van der Waals surface area contributed by atoms with Gasteiger partial charge in [0.25, 0.3) is 0 Å². The van der Waals surface area contributed by atoms with Crippen LogP contribution in [0, 0.1) is 56.7 Å². The molecule has 0 spiro atoms. The van der Waals surface area contributed by atoms with E-state index in [-0.39, 0.29) is 34.7 Å². The number of carbonyl (C=O) groups is 1. The number of aliphatic hydroxyl groups is 3. The van der Waals surface area contributed by atoms with E-state index in [1.165, 1.54) is 5.57 Å². The largest absolute Gasteiger partial charge is 0.481 e. The molecule has 12 atom stereocenters. The second-order valence-corrected chi connectivity index (χ2v) is 14.5. The van der Waals surface area contributed by atoms with Crippen LogP contribution in [0.25, 0.3) is 0 Å². The first-order chi connectivity index (χ1) is 16.2. The van der Waals surface area contributed by atoms with E-state index >= 15 is 0 Å². The molecule has 35 heavy (non-hydrogen) atoms. The molecule has 4 fully saturated rings. The summed E-state index contributed by atoms with van der Waals surface area (Å²) in [5, 5.41) is 42.9. The van der Waals surface area contributed by atoms with Crippen molar-refractivity contribution >= 4 is 5.97 Å². The van der Waals surface area contributed by atoms with Crippen molar-refractivity contribution < 1.29 is 25.2 Å². The highest BCUT2D eigenvalue weighted by Crippen LogP contribution is 2.75. The third-order valence-corrected chi connectivity index (χ3v) is 13.5. The molecule has 4 saturated carbocycles. The summed E-state index contributed by atoms with van der Waals surface area (Å²) in [6.45, 7) is 13.6. The fraction of sp³-hybridized carbons (Fsp3) is 0.900. The molecule has 5 aliphatic rings. The number of hydrogen-bond acceptors (Lipinski definition) is 4. The average molecular weight is 489 g/mol. The van der Waals surface area contributed by atoms with Gasteiger partial charge in [-0.25, -0.2) is 0 Å². The molecular weight excluding hydrogens is 440 g/mol. The minimum Gasteiger partial charge on any atom is -0.481 e. The minimum atomic E-state index is -0.907. The summed E-state index contributed by atoms with van der Waals surface area (Å²) < 4.78 is 0. The molecule has 4 N–H and O–H groups in total. The van der Waals surface area contributed by atoms with E-state index < -0.39 is 29.0 Å². The van der Waals surface area contributed by atoms with E-state index in [4.69, 9.17) is 0 Å². The van der Waals surface area contributed by atoms with E-state index in [1.54, 1.807) is 0 Å². The quantitative estimate of drug-likeness (QED) is 0.409. The van der Waals surface area contributed by atoms with Crippen LogP contribution in [-0.2, 0) is 4.79 Å². The Hall–Kier alpha value is -0.910. The van der Waals surface area contributed by atoms with Crippen LogP contribution in [0.1, 0.15) is 92.9 Å². The summed E-state index contributed by atoms with van der Waals surface area (Å²) >= 11 is 0. The van der Waals surface area contributed by atoms with Crippen molar-refractivity contribution in [3.8, 4) is 0 Å². The molecule has 0 unspecified atom stereocenters. The standard InChI is InChI=1S/C30H48O5/c1-17-9-12-30(25(34)35)14-13-28(5)19(23(30)18(17)2)7-8-22-26(3)15-20(32)24(33)27(4,16-31)21(26)10-11-29(22,28)6/h7,17-18,20-24,31-33H,8-16H2,1-6H3,(H,34,35)/t17-,18+,20-,21-,22+,23-,24+,26+,27+,28-,29-,30+/m1/s1. The number of aliphatic hydroxyl groups excluding tert-OH is 3. The Bertz CT molecular complexity index is 930. The lowest BCUT2D eigenvalue weighted by atomic mass is 9.33. The van der Waals surface area contributed by atoms with Crippen LogP contribution in [-0.4, -0.2) is 45.2 Å². The molecular formula is C30H48O5. The highest BCUT2D eigenvalue weighted by atomic mass is 16.4.